The first-order valence-corrected chi connectivity index (χ1v) is 10.7. The van der Waals surface area contributed by atoms with E-state index in [0.717, 1.165) is 14.7 Å². The number of hydrazone groups is 1. The minimum absolute atomic E-state index is 0.298. The van der Waals surface area contributed by atoms with E-state index in [1.54, 1.807) is 42.6 Å². The molecule has 2 amide bonds. The molecule has 0 bridgehead atoms. The standard InChI is InChI=1S/C24H22IN3O4/c1-15-4-6-16(7-5-15)14-26-28-24(30)19-13-18(25)9-10-20(19)27-23(29)17-8-11-21(31-2)22(12-17)32-3/h4-14H,1-3H3,(H,27,29)(H,28,30). The van der Waals surface area contributed by atoms with Crippen LogP contribution in [0.5, 0.6) is 11.5 Å². The summed E-state index contributed by atoms with van der Waals surface area (Å²) in [5, 5.41) is 6.81. The first kappa shape index (κ1) is 23.3. The van der Waals surface area contributed by atoms with Crippen molar-refractivity contribution in [2.24, 2.45) is 5.10 Å². The zero-order valence-electron chi connectivity index (χ0n) is 17.8. The molecule has 0 radical (unpaired) electrons. The highest BCUT2D eigenvalue weighted by Gasteiger charge is 2.16. The van der Waals surface area contributed by atoms with Crippen LogP contribution in [0.25, 0.3) is 0 Å². The van der Waals surface area contributed by atoms with E-state index in [9.17, 15) is 9.59 Å². The second-order valence-corrected chi connectivity index (χ2v) is 8.07. The minimum Gasteiger partial charge on any atom is -0.493 e. The Morgan fingerprint density at radius 1 is 0.906 bits per heavy atom. The highest BCUT2D eigenvalue weighted by molar-refractivity contribution is 14.1. The predicted octanol–water partition coefficient (Wildman–Crippen LogP) is 4.63. The molecule has 0 aliphatic carbocycles. The molecule has 0 heterocycles. The highest BCUT2D eigenvalue weighted by Crippen LogP contribution is 2.28. The molecule has 0 saturated heterocycles. The Morgan fingerprint density at radius 3 is 2.31 bits per heavy atom. The molecule has 0 aliphatic heterocycles. The number of amides is 2. The average molecular weight is 543 g/mol. The summed E-state index contributed by atoms with van der Waals surface area (Å²) in [6, 6.07) is 17.7. The molecule has 0 spiro atoms. The quantitative estimate of drug-likeness (QED) is 0.259. The number of ether oxygens (including phenoxy) is 2. The van der Waals surface area contributed by atoms with Crippen LogP contribution in [0.4, 0.5) is 5.69 Å². The first-order valence-electron chi connectivity index (χ1n) is 9.64. The van der Waals surface area contributed by atoms with Crippen molar-refractivity contribution in [2.45, 2.75) is 6.92 Å². The van der Waals surface area contributed by atoms with Gasteiger partial charge in [0.1, 0.15) is 0 Å². The van der Waals surface area contributed by atoms with Gasteiger partial charge in [-0.1, -0.05) is 29.8 Å². The molecule has 0 fully saturated rings. The van der Waals surface area contributed by atoms with E-state index in [1.165, 1.54) is 14.2 Å². The molecule has 0 atom stereocenters. The number of anilines is 1. The fraction of sp³-hybridized carbons (Fsp3) is 0.125. The zero-order valence-corrected chi connectivity index (χ0v) is 20.0. The SMILES string of the molecule is COc1ccc(C(=O)Nc2ccc(I)cc2C(=O)NN=Cc2ccc(C)cc2)cc1OC. The Labute approximate surface area is 200 Å². The first-order chi connectivity index (χ1) is 15.4. The van der Waals surface area contributed by atoms with Crippen molar-refractivity contribution in [1.29, 1.82) is 0 Å². The second-order valence-electron chi connectivity index (χ2n) is 6.82. The third-order valence-corrected chi connectivity index (χ3v) is 5.25. The number of hydrogen-bond acceptors (Lipinski definition) is 5. The van der Waals surface area contributed by atoms with Crippen molar-refractivity contribution < 1.29 is 19.1 Å². The monoisotopic (exact) mass is 543 g/mol. The number of benzene rings is 3. The van der Waals surface area contributed by atoms with Gasteiger partial charge in [-0.25, -0.2) is 5.43 Å². The van der Waals surface area contributed by atoms with Gasteiger partial charge in [-0.3, -0.25) is 9.59 Å². The van der Waals surface area contributed by atoms with Crippen LogP contribution in [0.3, 0.4) is 0 Å². The summed E-state index contributed by atoms with van der Waals surface area (Å²) in [5.74, 6) is 0.134. The average Bonchev–Trinajstić information content (AvgIpc) is 2.80. The van der Waals surface area contributed by atoms with Gasteiger partial charge in [-0.05, 0) is 71.5 Å². The number of nitrogens with one attached hydrogen (secondary N) is 2. The van der Waals surface area contributed by atoms with Gasteiger partial charge in [0.2, 0.25) is 0 Å². The third-order valence-electron chi connectivity index (χ3n) is 4.58. The minimum atomic E-state index is -0.436. The number of halogens is 1. The van der Waals surface area contributed by atoms with Crippen LogP contribution in [0, 0.1) is 10.5 Å². The van der Waals surface area contributed by atoms with Crippen LogP contribution in [0.1, 0.15) is 31.8 Å². The molecule has 3 aromatic carbocycles. The fourth-order valence-electron chi connectivity index (χ4n) is 2.86. The molecule has 0 unspecified atom stereocenters. The lowest BCUT2D eigenvalue weighted by Crippen LogP contribution is -2.21. The fourth-order valence-corrected chi connectivity index (χ4v) is 3.35. The summed E-state index contributed by atoms with van der Waals surface area (Å²) in [6.45, 7) is 2.00. The van der Waals surface area contributed by atoms with Crippen LogP contribution in [-0.2, 0) is 0 Å². The lowest BCUT2D eigenvalue weighted by molar-refractivity contribution is 0.0956. The molecular formula is C24H22IN3O4. The molecule has 3 rings (SSSR count). The van der Waals surface area contributed by atoms with Crippen LogP contribution in [0.15, 0.2) is 65.8 Å². The van der Waals surface area contributed by atoms with Gasteiger partial charge in [0.25, 0.3) is 11.8 Å². The van der Waals surface area contributed by atoms with Crippen LogP contribution >= 0.6 is 22.6 Å². The number of carbonyl (C=O) groups is 2. The number of aryl methyl sites for hydroxylation is 1. The van der Waals surface area contributed by atoms with Crippen molar-refractivity contribution >= 4 is 46.3 Å². The van der Waals surface area contributed by atoms with Gasteiger partial charge in [0, 0.05) is 9.13 Å². The van der Waals surface area contributed by atoms with Crippen molar-refractivity contribution in [3.05, 3.63) is 86.5 Å². The third kappa shape index (κ3) is 5.85. The van der Waals surface area contributed by atoms with Gasteiger partial charge in [-0.2, -0.15) is 5.10 Å². The van der Waals surface area contributed by atoms with Crippen molar-refractivity contribution in [1.82, 2.24) is 5.43 Å². The van der Waals surface area contributed by atoms with E-state index < -0.39 is 5.91 Å². The molecule has 3 aromatic rings. The maximum Gasteiger partial charge on any atom is 0.273 e. The zero-order chi connectivity index (χ0) is 23.1. The van der Waals surface area contributed by atoms with Gasteiger partial charge in [-0.15, -0.1) is 0 Å². The number of nitrogens with zero attached hydrogens (tertiary/aromatic N) is 1. The summed E-state index contributed by atoms with van der Waals surface area (Å²) in [6.07, 6.45) is 1.56. The van der Waals surface area contributed by atoms with Crippen molar-refractivity contribution in [3.63, 3.8) is 0 Å². The molecule has 164 valence electrons. The Morgan fingerprint density at radius 2 is 1.62 bits per heavy atom. The Balaban J connectivity index is 1.77. The van der Waals surface area contributed by atoms with Crippen LogP contribution < -0.4 is 20.2 Å². The van der Waals surface area contributed by atoms with E-state index in [2.05, 4.69) is 38.4 Å². The van der Waals surface area contributed by atoms with Crippen molar-refractivity contribution in [2.75, 3.05) is 19.5 Å². The Kier molecular flexibility index (Phi) is 7.82. The normalized spacial score (nSPS) is 10.6. The molecule has 32 heavy (non-hydrogen) atoms. The molecule has 8 heteroatoms. The molecule has 0 aromatic heterocycles. The Bertz CT molecular complexity index is 1160. The van der Waals surface area contributed by atoms with Gasteiger partial charge < -0.3 is 14.8 Å². The highest BCUT2D eigenvalue weighted by atomic mass is 127. The summed E-state index contributed by atoms with van der Waals surface area (Å²) < 4.78 is 11.3. The molecule has 0 saturated carbocycles. The van der Waals surface area contributed by atoms with Gasteiger partial charge >= 0.3 is 0 Å². The maximum absolute atomic E-state index is 12.8. The molecular weight excluding hydrogens is 521 g/mol. The summed E-state index contributed by atoms with van der Waals surface area (Å²) in [4.78, 5) is 25.5. The smallest absolute Gasteiger partial charge is 0.273 e. The summed E-state index contributed by atoms with van der Waals surface area (Å²) >= 11 is 2.11. The lowest BCUT2D eigenvalue weighted by atomic mass is 10.1. The largest absolute Gasteiger partial charge is 0.493 e. The molecule has 0 aliphatic rings. The molecule has 2 N–H and O–H groups in total. The molecule has 7 nitrogen and oxygen atoms in total. The predicted molar refractivity (Wildman–Crippen MR) is 133 cm³/mol. The van der Waals surface area contributed by atoms with E-state index in [1.807, 2.05) is 31.2 Å². The van der Waals surface area contributed by atoms with Crippen LogP contribution in [-0.4, -0.2) is 32.2 Å². The summed E-state index contributed by atoms with van der Waals surface area (Å²) in [7, 11) is 3.02. The Hall–Kier alpha value is -3.40. The number of methoxy groups -OCH3 is 2. The van der Waals surface area contributed by atoms with E-state index in [0.29, 0.717) is 28.3 Å². The van der Waals surface area contributed by atoms with E-state index in [-0.39, 0.29) is 5.91 Å². The number of rotatable bonds is 7. The number of carbonyl (C=O) groups excluding carboxylic acids is 2. The number of hydrogen-bond donors (Lipinski definition) is 2. The van der Waals surface area contributed by atoms with Crippen molar-refractivity contribution in [3.8, 4) is 11.5 Å². The topological polar surface area (TPSA) is 89.0 Å². The van der Waals surface area contributed by atoms with E-state index in [4.69, 9.17) is 9.47 Å². The van der Waals surface area contributed by atoms with Gasteiger partial charge in [0.05, 0.1) is 31.7 Å². The van der Waals surface area contributed by atoms with Gasteiger partial charge in [0.15, 0.2) is 11.5 Å². The summed E-state index contributed by atoms with van der Waals surface area (Å²) in [5.41, 5.74) is 5.55. The van der Waals surface area contributed by atoms with Crippen LogP contribution in [0.2, 0.25) is 0 Å². The second kappa shape index (κ2) is 10.8. The lowest BCUT2D eigenvalue weighted by Gasteiger charge is -2.12. The maximum atomic E-state index is 12.8. The van der Waals surface area contributed by atoms with E-state index >= 15 is 0 Å².